The summed E-state index contributed by atoms with van der Waals surface area (Å²) in [6.07, 6.45) is 4.76. The molecule has 176 valence electrons. The van der Waals surface area contributed by atoms with Crippen molar-refractivity contribution in [2.45, 2.75) is 45.1 Å². The molecule has 3 fully saturated rings. The summed E-state index contributed by atoms with van der Waals surface area (Å²) in [4.78, 5) is 33.7. The van der Waals surface area contributed by atoms with Gasteiger partial charge >= 0.3 is 0 Å². The zero-order valence-corrected chi connectivity index (χ0v) is 19.7. The van der Waals surface area contributed by atoms with E-state index in [0.717, 1.165) is 77.4 Å². The number of carbonyl (C=O) groups is 2. The normalized spacial score (nSPS) is 22.2. The first-order valence-electron chi connectivity index (χ1n) is 12.2. The summed E-state index contributed by atoms with van der Waals surface area (Å²) in [7, 11) is 1.70. The van der Waals surface area contributed by atoms with E-state index in [1.165, 1.54) is 12.1 Å². The van der Waals surface area contributed by atoms with Gasteiger partial charge in [-0.2, -0.15) is 0 Å². The van der Waals surface area contributed by atoms with Gasteiger partial charge in [-0.15, -0.1) is 0 Å². The average Bonchev–Trinajstić information content (AvgIpc) is 3.12. The van der Waals surface area contributed by atoms with Crippen LogP contribution in [0.4, 0.5) is 5.69 Å². The van der Waals surface area contributed by atoms with E-state index in [9.17, 15) is 9.59 Å². The Labute approximate surface area is 192 Å². The lowest BCUT2D eigenvalue weighted by atomic mass is 9.95. The lowest BCUT2D eigenvalue weighted by Gasteiger charge is -2.37. The molecule has 3 aliphatic heterocycles. The van der Waals surface area contributed by atoms with E-state index in [1.807, 2.05) is 24.0 Å². The van der Waals surface area contributed by atoms with Crippen LogP contribution in [0.15, 0.2) is 24.3 Å². The van der Waals surface area contributed by atoms with Crippen molar-refractivity contribution < 1.29 is 14.3 Å². The Kier molecular flexibility index (Phi) is 7.55. The van der Waals surface area contributed by atoms with Gasteiger partial charge in [-0.1, -0.05) is 0 Å². The molecule has 0 saturated carbocycles. The highest BCUT2D eigenvalue weighted by molar-refractivity contribution is 5.88. The third-order valence-corrected chi connectivity index (χ3v) is 7.40. The van der Waals surface area contributed by atoms with Crippen molar-refractivity contribution in [1.29, 1.82) is 0 Å². The smallest absolute Gasteiger partial charge is 0.245 e. The van der Waals surface area contributed by atoms with Gasteiger partial charge in [0.05, 0.1) is 7.11 Å². The summed E-state index contributed by atoms with van der Waals surface area (Å²) >= 11 is 0. The van der Waals surface area contributed by atoms with Gasteiger partial charge in [-0.3, -0.25) is 9.59 Å². The van der Waals surface area contributed by atoms with Crippen LogP contribution in [0.1, 0.15) is 39.0 Å². The van der Waals surface area contributed by atoms with Crippen molar-refractivity contribution in [3.05, 3.63) is 24.3 Å². The molecular weight excluding hydrogens is 404 g/mol. The van der Waals surface area contributed by atoms with Crippen molar-refractivity contribution in [3.63, 3.8) is 0 Å². The molecule has 1 atom stereocenters. The molecular formula is C25H38N4O3. The van der Waals surface area contributed by atoms with E-state index in [2.05, 4.69) is 21.9 Å². The maximum Gasteiger partial charge on any atom is 0.245 e. The summed E-state index contributed by atoms with van der Waals surface area (Å²) in [5, 5.41) is 0. The summed E-state index contributed by atoms with van der Waals surface area (Å²) < 4.78 is 5.28. The molecule has 2 amide bonds. The number of hydrogen-bond donors (Lipinski definition) is 0. The molecule has 0 aliphatic carbocycles. The van der Waals surface area contributed by atoms with Crippen molar-refractivity contribution in [2.75, 3.05) is 64.4 Å². The van der Waals surface area contributed by atoms with Gasteiger partial charge in [0.25, 0.3) is 0 Å². The second kappa shape index (κ2) is 10.6. The number of anilines is 1. The molecule has 0 spiro atoms. The number of piperidine rings is 1. The Balaban J connectivity index is 1.22. The van der Waals surface area contributed by atoms with Crippen molar-refractivity contribution in [2.24, 2.45) is 5.92 Å². The second-order valence-corrected chi connectivity index (χ2v) is 9.47. The fraction of sp³-hybridized carbons (Fsp3) is 0.680. The highest BCUT2D eigenvalue weighted by atomic mass is 16.5. The predicted molar refractivity (Wildman–Crippen MR) is 126 cm³/mol. The molecule has 0 bridgehead atoms. The number of ether oxygens (including phenoxy) is 1. The SMILES string of the molecule is COc1ccc(N2CCCN(CC3CCN(C(=O)[C@H](C)N4CCCC4=O)CC3)CC2)cc1. The molecule has 7 heteroatoms. The topological polar surface area (TPSA) is 56.3 Å². The van der Waals surface area contributed by atoms with Crippen LogP contribution in [0.2, 0.25) is 0 Å². The first-order chi connectivity index (χ1) is 15.5. The van der Waals surface area contributed by atoms with Gasteiger partial charge in [-0.05, 0) is 69.3 Å². The predicted octanol–water partition coefficient (Wildman–Crippen LogP) is 2.46. The van der Waals surface area contributed by atoms with Crippen molar-refractivity contribution in [3.8, 4) is 5.75 Å². The number of hydrogen-bond acceptors (Lipinski definition) is 5. The minimum Gasteiger partial charge on any atom is -0.497 e. The van der Waals surface area contributed by atoms with Gasteiger partial charge in [0.2, 0.25) is 11.8 Å². The maximum atomic E-state index is 12.9. The number of rotatable bonds is 6. The van der Waals surface area contributed by atoms with E-state index in [1.54, 1.807) is 12.0 Å². The van der Waals surface area contributed by atoms with E-state index in [4.69, 9.17) is 4.74 Å². The first kappa shape index (κ1) is 22.9. The molecule has 32 heavy (non-hydrogen) atoms. The van der Waals surface area contributed by atoms with Crippen LogP contribution in [0.25, 0.3) is 0 Å². The zero-order chi connectivity index (χ0) is 22.5. The number of benzene rings is 1. The summed E-state index contributed by atoms with van der Waals surface area (Å²) in [5.41, 5.74) is 1.27. The number of nitrogens with zero attached hydrogens (tertiary/aromatic N) is 4. The van der Waals surface area contributed by atoms with Gasteiger partial charge < -0.3 is 24.3 Å². The van der Waals surface area contributed by atoms with E-state index >= 15 is 0 Å². The number of likely N-dealkylation sites (tertiary alicyclic amines) is 2. The van der Waals surface area contributed by atoms with Crippen molar-refractivity contribution >= 4 is 17.5 Å². The van der Waals surface area contributed by atoms with Gasteiger partial charge in [-0.25, -0.2) is 0 Å². The van der Waals surface area contributed by atoms with E-state index in [0.29, 0.717) is 12.3 Å². The molecule has 4 rings (SSSR count). The van der Waals surface area contributed by atoms with Crippen LogP contribution in [-0.4, -0.2) is 92.0 Å². The molecule has 1 aromatic carbocycles. The Morgan fingerprint density at radius 3 is 2.41 bits per heavy atom. The van der Waals surface area contributed by atoms with Crippen LogP contribution in [0.5, 0.6) is 5.75 Å². The molecule has 0 radical (unpaired) electrons. The molecule has 7 nitrogen and oxygen atoms in total. The zero-order valence-electron chi connectivity index (χ0n) is 19.7. The van der Waals surface area contributed by atoms with Crippen molar-refractivity contribution in [1.82, 2.24) is 14.7 Å². The summed E-state index contributed by atoms with van der Waals surface area (Å²) in [6, 6.07) is 8.06. The van der Waals surface area contributed by atoms with Crippen LogP contribution < -0.4 is 9.64 Å². The van der Waals surface area contributed by atoms with Crippen LogP contribution in [0.3, 0.4) is 0 Å². The second-order valence-electron chi connectivity index (χ2n) is 9.47. The molecule has 3 saturated heterocycles. The van der Waals surface area contributed by atoms with Crippen LogP contribution in [0, 0.1) is 5.92 Å². The minimum atomic E-state index is -0.309. The fourth-order valence-corrected chi connectivity index (χ4v) is 5.38. The summed E-state index contributed by atoms with van der Waals surface area (Å²) in [5.74, 6) is 1.81. The highest BCUT2D eigenvalue weighted by Crippen LogP contribution is 2.24. The Morgan fingerprint density at radius 2 is 1.75 bits per heavy atom. The van der Waals surface area contributed by atoms with E-state index < -0.39 is 0 Å². The summed E-state index contributed by atoms with van der Waals surface area (Å²) in [6.45, 7) is 9.74. The maximum absolute atomic E-state index is 12.9. The highest BCUT2D eigenvalue weighted by Gasteiger charge is 2.33. The third kappa shape index (κ3) is 5.37. The quantitative estimate of drug-likeness (QED) is 0.677. The van der Waals surface area contributed by atoms with Crippen LogP contribution >= 0.6 is 0 Å². The molecule has 0 N–H and O–H groups in total. The molecule has 0 aromatic heterocycles. The standard InChI is InChI=1S/C25H38N4O3/c1-20(29-14-3-5-24(29)30)25(31)28-15-10-21(11-16-28)19-26-12-4-13-27(18-17-26)22-6-8-23(32-2)9-7-22/h6-9,20-21H,3-5,10-19H2,1-2H3/t20-/m0/s1. The number of amides is 2. The van der Waals surface area contributed by atoms with Gasteiger partial charge in [0, 0.05) is 57.9 Å². The number of methoxy groups -OCH3 is 1. The Bertz CT molecular complexity index is 776. The molecule has 0 unspecified atom stereocenters. The fourth-order valence-electron chi connectivity index (χ4n) is 5.38. The Morgan fingerprint density at radius 1 is 1.00 bits per heavy atom. The largest absolute Gasteiger partial charge is 0.497 e. The lowest BCUT2D eigenvalue weighted by molar-refractivity contribution is -0.143. The first-order valence-corrected chi connectivity index (χ1v) is 12.2. The monoisotopic (exact) mass is 442 g/mol. The average molecular weight is 443 g/mol. The lowest BCUT2D eigenvalue weighted by Crippen LogP contribution is -2.50. The van der Waals surface area contributed by atoms with Crippen LogP contribution in [-0.2, 0) is 9.59 Å². The minimum absolute atomic E-state index is 0.128. The number of carbonyl (C=O) groups excluding carboxylic acids is 2. The Hall–Kier alpha value is -2.28. The van der Waals surface area contributed by atoms with Gasteiger partial charge in [0.15, 0.2) is 0 Å². The van der Waals surface area contributed by atoms with E-state index in [-0.39, 0.29) is 17.9 Å². The molecule has 3 heterocycles. The van der Waals surface area contributed by atoms with Gasteiger partial charge in [0.1, 0.15) is 11.8 Å². The molecule has 3 aliphatic rings. The molecule has 1 aromatic rings. The third-order valence-electron chi connectivity index (χ3n) is 7.40.